The van der Waals surface area contributed by atoms with Crippen LogP contribution in [0.1, 0.15) is 25.5 Å². The zero-order chi connectivity index (χ0) is 11.1. The molecule has 1 aliphatic rings. The van der Waals surface area contributed by atoms with Crippen LogP contribution in [0.5, 0.6) is 0 Å². The van der Waals surface area contributed by atoms with Crippen LogP contribution in [0, 0.1) is 0 Å². The van der Waals surface area contributed by atoms with Crippen molar-refractivity contribution in [2.24, 2.45) is 0 Å². The van der Waals surface area contributed by atoms with E-state index in [0.29, 0.717) is 18.7 Å². The van der Waals surface area contributed by atoms with Crippen molar-refractivity contribution in [1.82, 2.24) is 10.2 Å². The molecule has 0 aliphatic carbocycles. The number of nitrogen functional groups attached to an aromatic ring is 1. The molecule has 1 aromatic rings. The second-order valence-electron chi connectivity index (χ2n) is 4.42. The van der Waals surface area contributed by atoms with Crippen LogP contribution < -0.4 is 5.73 Å². The topological polar surface area (TPSA) is 88.8 Å². The largest absolute Gasteiger partial charge is 0.382 e. The SMILES string of the molecule is CC1(c2cc(N)n[nH]2)CCS(=O)(=O)CC1. The minimum absolute atomic E-state index is 0.129. The highest BCUT2D eigenvalue weighted by Gasteiger charge is 2.35. The first-order chi connectivity index (χ1) is 6.91. The smallest absolute Gasteiger partial charge is 0.150 e. The lowest BCUT2D eigenvalue weighted by atomic mass is 9.81. The summed E-state index contributed by atoms with van der Waals surface area (Å²) in [4.78, 5) is 0. The van der Waals surface area contributed by atoms with Crippen molar-refractivity contribution in [2.45, 2.75) is 25.2 Å². The quantitative estimate of drug-likeness (QED) is 0.732. The molecule has 0 bridgehead atoms. The van der Waals surface area contributed by atoms with Crippen LogP contribution >= 0.6 is 0 Å². The predicted molar refractivity (Wildman–Crippen MR) is 58.2 cm³/mol. The van der Waals surface area contributed by atoms with Crippen molar-refractivity contribution in [1.29, 1.82) is 0 Å². The highest BCUT2D eigenvalue weighted by atomic mass is 32.2. The summed E-state index contributed by atoms with van der Waals surface area (Å²) < 4.78 is 22.6. The molecule has 15 heavy (non-hydrogen) atoms. The number of sulfone groups is 1. The number of aromatic nitrogens is 2. The molecule has 2 heterocycles. The van der Waals surface area contributed by atoms with Crippen molar-refractivity contribution < 1.29 is 8.42 Å². The van der Waals surface area contributed by atoms with E-state index in [1.807, 2.05) is 0 Å². The second kappa shape index (κ2) is 3.23. The number of nitrogens with one attached hydrogen (secondary N) is 1. The van der Waals surface area contributed by atoms with Crippen LogP contribution in [-0.4, -0.2) is 30.1 Å². The van der Waals surface area contributed by atoms with Gasteiger partial charge in [0.1, 0.15) is 15.7 Å². The number of nitrogens with zero attached hydrogens (tertiary/aromatic N) is 1. The van der Waals surface area contributed by atoms with Crippen LogP contribution in [0.3, 0.4) is 0 Å². The fourth-order valence-electron chi connectivity index (χ4n) is 1.90. The molecular formula is C9H15N3O2S. The Balaban J connectivity index is 2.23. The Hall–Kier alpha value is -1.04. The van der Waals surface area contributed by atoms with Gasteiger partial charge >= 0.3 is 0 Å². The minimum Gasteiger partial charge on any atom is -0.382 e. The summed E-state index contributed by atoms with van der Waals surface area (Å²) in [6, 6.07) is 1.79. The molecule has 0 saturated carbocycles. The normalized spacial score (nSPS) is 23.8. The van der Waals surface area contributed by atoms with Crippen molar-refractivity contribution >= 4 is 15.7 Å². The average Bonchev–Trinajstić information content (AvgIpc) is 2.59. The molecule has 1 fully saturated rings. The van der Waals surface area contributed by atoms with E-state index in [1.54, 1.807) is 6.07 Å². The lowest BCUT2D eigenvalue weighted by Gasteiger charge is -2.32. The van der Waals surface area contributed by atoms with Crippen LogP contribution in [0.2, 0.25) is 0 Å². The summed E-state index contributed by atoms with van der Waals surface area (Å²) in [5.74, 6) is 0.963. The van der Waals surface area contributed by atoms with Gasteiger partial charge in [0.25, 0.3) is 0 Å². The lowest BCUT2D eigenvalue weighted by molar-refractivity contribution is 0.407. The maximum atomic E-state index is 11.3. The van der Waals surface area contributed by atoms with Gasteiger partial charge in [0, 0.05) is 17.2 Å². The van der Waals surface area contributed by atoms with Gasteiger partial charge in [-0.2, -0.15) is 5.10 Å². The number of rotatable bonds is 1. The number of aromatic amines is 1. The molecule has 5 nitrogen and oxygen atoms in total. The first kappa shape index (κ1) is 10.5. The zero-order valence-electron chi connectivity index (χ0n) is 8.66. The molecule has 6 heteroatoms. The predicted octanol–water partition coefficient (Wildman–Crippen LogP) is 0.458. The van der Waals surface area contributed by atoms with Crippen molar-refractivity contribution in [3.63, 3.8) is 0 Å². The molecular weight excluding hydrogens is 214 g/mol. The van der Waals surface area contributed by atoms with E-state index in [9.17, 15) is 8.42 Å². The maximum absolute atomic E-state index is 11.3. The highest BCUT2D eigenvalue weighted by molar-refractivity contribution is 7.91. The molecule has 0 radical (unpaired) electrons. The van der Waals surface area contributed by atoms with Crippen LogP contribution in [0.25, 0.3) is 0 Å². The average molecular weight is 229 g/mol. The Morgan fingerprint density at radius 2 is 2.07 bits per heavy atom. The van der Waals surface area contributed by atoms with Crippen molar-refractivity contribution in [3.05, 3.63) is 11.8 Å². The van der Waals surface area contributed by atoms with Crippen molar-refractivity contribution in [3.8, 4) is 0 Å². The molecule has 0 unspecified atom stereocenters. The molecule has 3 N–H and O–H groups in total. The van der Waals surface area contributed by atoms with Gasteiger partial charge in [-0.25, -0.2) is 8.42 Å². The van der Waals surface area contributed by atoms with E-state index in [1.165, 1.54) is 0 Å². The highest BCUT2D eigenvalue weighted by Crippen LogP contribution is 2.35. The van der Waals surface area contributed by atoms with Gasteiger partial charge in [0.2, 0.25) is 0 Å². The fraction of sp³-hybridized carbons (Fsp3) is 0.667. The molecule has 0 spiro atoms. The number of H-pyrrole nitrogens is 1. The first-order valence-corrected chi connectivity index (χ1v) is 6.75. The molecule has 84 valence electrons. The standard InChI is InChI=1S/C9H15N3O2S/c1-9(7-6-8(10)12-11-7)2-4-15(13,14)5-3-9/h6H,2-5H2,1H3,(H3,10,11,12). The zero-order valence-corrected chi connectivity index (χ0v) is 9.47. The summed E-state index contributed by atoms with van der Waals surface area (Å²) in [5, 5.41) is 6.75. The van der Waals surface area contributed by atoms with E-state index in [2.05, 4.69) is 17.1 Å². The Morgan fingerprint density at radius 1 is 1.47 bits per heavy atom. The van der Waals surface area contributed by atoms with Gasteiger partial charge in [0.05, 0.1) is 11.5 Å². The molecule has 0 aromatic carbocycles. The minimum atomic E-state index is -2.82. The third-order valence-corrected chi connectivity index (χ3v) is 4.83. The first-order valence-electron chi connectivity index (χ1n) is 4.93. The number of hydrogen-bond donors (Lipinski definition) is 2. The molecule has 2 rings (SSSR count). The van der Waals surface area contributed by atoms with Crippen LogP contribution in [0.4, 0.5) is 5.82 Å². The van der Waals surface area contributed by atoms with Gasteiger partial charge in [-0.3, -0.25) is 5.10 Å². The van der Waals surface area contributed by atoms with Gasteiger partial charge < -0.3 is 5.73 Å². The number of hydrogen-bond acceptors (Lipinski definition) is 4. The van der Waals surface area contributed by atoms with Gasteiger partial charge in [-0.1, -0.05) is 6.92 Å². The molecule has 1 saturated heterocycles. The summed E-state index contributed by atoms with van der Waals surface area (Å²) in [7, 11) is -2.82. The monoisotopic (exact) mass is 229 g/mol. The van der Waals surface area contributed by atoms with E-state index in [0.717, 1.165) is 5.69 Å². The Bertz CT molecular complexity index is 449. The van der Waals surface area contributed by atoms with Gasteiger partial charge in [-0.05, 0) is 12.8 Å². The maximum Gasteiger partial charge on any atom is 0.150 e. The molecule has 1 aromatic heterocycles. The summed E-state index contributed by atoms with van der Waals surface area (Å²) >= 11 is 0. The van der Waals surface area contributed by atoms with E-state index < -0.39 is 9.84 Å². The second-order valence-corrected chi connectivity index (χ2v) is 6.72. The van der Waals surface area contributed by atoms with Crippen LogP contribution in [0.15, 0.2) is 6.07 Å². The van der Waals surface area contributed by atoms with Gasteiger partial charge in [0.15, 0.2) is 0 Å². The fourth-order valence-corrected chi connectivity index (χ4v) is 3.63. The molecule has 0 atom stereocenters. The summed E-state index contributed by atoms with van der Waals surface area (Å²) in [5.41, 5.74) is 6.35. The number of nitrogens with two attached hydrogens (primary N) is 1. The van der Waals surface area contributed by atoms with Crippen molar-refractivity contribution in [2.75, 3.05) is 17.2 Å². The van der Waals surface area contributed by atoms with E-state index in [4.69, 9.17) is 5.73 Å². The Kier molecular flexibility index (Phi) is 2.26. The Morgan fingerprint density at radius 3 is 2.53 bits per heavy atom. The van der Waals surface area contributed by atoms with Gasteiger partial charge in [-0.15, -0.1) is 0 Å². The summed E-state index contributed by atoms with van der Waals surface area (Å²) in [6.07, 6.45) is 1.27. The third-order valence-electron chi connectivity index (χ3n) is 3.18. The van der Waals surface area contributed by atoms with E-state index in [-0.39, 0.29) is 16.9 Å². The molecule has 0 amide bonds. The molecule has 1 aliphatic heterocycles. The Labute approximate surface area is 89.0 Å². The summed E-state index contributed by atoms with van der Waals surface area (Å²) in [6.45, 7) is 2.05. The number of anilines is 1. The lowest BCUT2D eigenvalue weighted by Crippen LogP contribution is -2.34. The van der Waals surface area contributed by atoms with Crippen LogP contribution in [-0.2, 0) is 15.3 Å². The van der Waals surface area contributed by atoms with E-state index >= 15 is 0 Å². The third kappa shape index (κ3) is 1.99.